The van der Waals surface area contributed by atoms with E-state index in [1.807, 2.05) is 39.0 Å². The van der Waals surface area contributed by atoms with Crippen LogP contribution in [0.1, 0.15) is 40.9 Å². The van der Waals surface area contributed by atoms with Crippen LogP contribution in [0.3, 0.4) is 0 Å². The number of ether oxygens (including phenoxy) is 1. The number of rotatable bonds is 6. The van der Waals surface area contributed by atoms with Gasteiger partial charge in [-0.2, -0.15) is 5.10 Å². The highest BCUT2D eigenvalue weighted by Gasteiger charge is 2.22. The number of carbonyl (C=O) groups excluding carboxylic acids is 2. The molecule has 160 valence electrons. The summed E-state index contributed by atoms with van der Waals surface area (Å²) in [6, 6.07) is 14.6. The van der Waals surface area contributed by atoms with Crippen LogP contribution < -0.4 is 10.9 Å². The van der Waals surface area contributed by atoms with Crippen molar-refractivity contribution in [1.82, 2.24) is 9.78 Å². The molecule has 0 unspecified atom stereocenters. The summed E-state index contributed by atoms with van der Waals surface area (Å²) in [6.07, 6.45) is 0.384. The molecule has 31 heavy (non-hydrogen) atoms. The Kier molecular flexibility index (Phi) is 6.65. The Morgan fingerprint density at radius 1 is 1.03 bits per heavy atom. The first-order valence-electron chi connectivity index (χ1n) is 10.0. The van der Waals surface area contributed by atoms with E-state index in [0.717, 1.165) is 11.1 Å². The third-order valence-corrected chi connectivity index (χ3v) is 5.19. The van der Waals surface area contributed by atoms with Crippen molar-refractivity contribution >= 4 is 17.6 Å². The van der Waals surface area contributed by atoms with Gasteiger partial charge < -0.3 is 10.1 Å². The monoisotopic (exact) mass is 419 g/mol. The smallest absolute Gasteiger partial charge is 0.337 e. The van der Waals surface area contributed by atoms with E-state index in [9.17, 15) is 14.4 Å². The fraction of sp³-hybridized carbons (Fsp3) is 0.250. The third kappa shape index (κ3) is 4.88. The van der Waals surface area contributed by atoms with E-state index in [2.05, 4.69) is 15.2 Å². The van der Waals surface area contributed by atoms with Crippen LogP contribution >= 0.6 is 0 Å². The molecule has 1 heterocycles. The molecule has 0 radical (unpaired) electrons. The minimum atomic E-state index is -0.778. The Bertz CT molecular complexity index is 1170. The van der Waals surface area contributed by atoms with E-state index in [0.29, 0.717) is 23.4 Å². The molecule has 1 amide bonds. The van der Waals surface area contributed by atoms with Crippen LogP contribution in [0.15, 0.2) is 59.4 Å². The van der Waals surface area contributed by atoms with Crippen LogP contribution in [-0.4, -0.2) is 28.8 Å². The molecule has 3 rings (SSSR count). The fourth-order valence-corrected chi connectivity index (χ4v) is 3.21. The highest BCUT2D eigenvalue weighted by Crippen LogP contribution is 2.21. The first-order chi connectivity index (χ1) is 14.8. The quantitative estimate of drug-likeness (QED) is 0.612. The summed E-state index contributed by atoms with van der Waals surface area (Å²) in [6.45, 7) is 5.87. The van der Waals surface area contributed by atoms with Crippen molar-refractivity contribution in [3.63, 3.8) is 0 Å². The number of methoxy groups -OCH3 is 1. The number of benzene rings is 2. The van der Waals surface area contributed by atoms with E-state index >= 15 is 0 Å². The minimum Gasteiger partial charge on any atom is -0.465 e. The molecule has 0 aliphatic heterocycles. The highest BCUT2D eigenvalue weighted by molar-refractivity contribution is 5.95. The topological polar surface area (TPSA) is 90.3 Å². The van der Waals surface area contributed by atoms with Crippen LogP contribution in [0.2, 0.25) is 0 Å². The Balaban J connectivity index is 1.87. The maximum absolute atomic E-state index is 12.9. The summed E-state index contributed by atoms with van der Waals surface area (Å²) in [5.74, 6) is -0.816. The zero-order chi connectivity index (χ0) is 22.5. The lowest BCUT2D eigenvalue weighted by Crippen LogP contribution is -2.34. The summed E-state index contributed by atoms with van der Waals surface area (Å²) in [7, 11) is 1.31. The van der Waals surface area contributed by atoms with Gasteiger partial charge in [-0.3, -0.25) is 9.59 Å². The van der Waals surface area contributed by atoms with Crippen molar-refractivity contribution < 1.29 is 14.3 Å². The molecule has 0 spiro atoms. The van der Waals surface area contributed by atoms with E-state index in [1.54, 1.807) is 30.3 Å². The van der Waals surface area contributed by atoms with Gasteiger partial charge >= 0.3 is 5.97 Å². The van der Waals surface area contributed by atoms with Crippen molar-refractivity contribution in [2.75, 3.05) is 12.4 Å². The summed E-state index contributed by atoms with van der Waals surface area (Å²) >= 11 is 0. The zero-order valence-electron chi connectivity index (χ0n) is 18.0. The molecule has 0 aliphatic rings. The van der Waals surface area contributed by atoms with E-state index in [4.69, 9.17) is 0 Å². The van der Waals surface area contributed by atoms with Crippen molar-refractivity contribution in [1.29, 1.82) is 0 Å². The summed E-state index contributed by atoms with van der Waals surface area (Å²) in [5.41, 5.74) is 4.33. The second-order valence-electron chi connectivity index (χ2n) is 7.28. The number of carbonyl (C=O) groups is 2. The lowest BCUT2D eigenvalue weighted by Gasteiger charge is -2.18. The molecule has 1 N–H and O–H groups in total. The predicted molar refractivity (Wildman–Crippen MR) is 119 cm³/mol. The number of aryl methyl sites for hydroxylation is 2. The Morgan fingerprint density at radius 3 is 2.35 bits per heavy atom. The van der Waals surface area contributed by atoms with Gasteiger partial charge in [-0.15, -0.1) is 0 Å². The lowest BCUT2D eigenvalue weighted by atomic mass is 10.0. The normalized spacial score (nSPS) is 11.6. The number of amides is 1. The number of hydrogen-bond donors (Lipinski definition) is 1. The van der Waals surface area contributed by atoms with E-state index in [-0.39, 0.29) is 11.5 Å². The van der Waals surface area contributed by atoms with Crippen LogP contribution in [0.5, 0.6) is 0 Å². The molecule has 1 aromatic heterocycles. The Labute approximate surface area is 180 Å². The third-order valence-electron chi connectivity index (χ3n) is 5.19. The molecule has 7 nitrogen and oxygen atoms in total. The first kappa shape index (κ1) is 22.0. The van der Waals surface area contributed by atoms with Crippen molar-refractivity contribution in [2.24, 2.45) is 0 Å². The maximum Gasteiger partial charge on any atom is 0.337 e. The van der Waals surface area contributed by atoms with Gasteiger partial charge in [0.15, 0.2) is 0 Å². The number of aromatic nitrogens is 2. The SMILES string of the molecule is CC[C@H](C(=O)Nc1ccc(C(=O)OC)cc1)n1nc(-c2ccc(C)c(C)c2)ccc1=O. The molecular formula is C24H25N3O4. The highest BCUT2D eigenvalue weighted by atomic mass is 16.5. The molecule has 0 saturated heterocycles. The largest absolute Gasteiger partial charge is 0.465 e. The standard InChI is InChI=1S/C24H25N3O4/c1-5-21(23(29)25-19-10-8-17(9-11-19)24(30)31-4)27-22(28)13-12-20(26-27)18-7-6-15(2)16(3)14-18/h6-14,21H,5H2,1-4H3,(H,25,29)/t21-/m1/s1. The Hall–Kier alpha value is -3.74. The van der Waals surface area contributed by atoms with Gasteiger partial charge in [0.1, 0.15) is 6.04 Å². The molecule has 0 bridgehead atoms. The van der Waals surface area contributed by atoms with Crippen molar-refractivity contribution in [2.45, 2.75) is 33.2 Å². The van der Waals surface area contributed by atoms with Crippen LogP contribution in [-0.2, 0) is 9.53 Å². The van der Waals surface area contributed by atoms with Crippen LogP contribution in [0.4, 0.5) is 5.69 Å². The summed E-state index contributed by atoms with van der Waals surface area (Å²) in [5, 5.41) is 7.27. The average Bonchev–Trinajstić information content (AvgIpc) is 2.77. The molecule has 3 aromatic rings. The lowest BCUT2D eigenvalue weighted by molar-refractivity contribution is -0.119. The average molecular weight is 419 g/mol. The summed E-state index contributed by atoms with van der Waals surface area (Å²) in [4.78, 5) is 37.0. The van der Waals surface area contributed by atoms with E-state index in [1.165, 1.54) is 23.4 Å². The molecule has 0 fully saturated rings. The molecule has 7 heteroatoms. The molecule has 0 saturated carbocycles. The second-order valence-corrected chi connectivity index (χ2v) is 7.28. The van der Waals surface area contributed by atoms with E-state index < -0.39 is 12.0 Å². The molecule has 0 aliphatic carbocycles. The first-order valence-corrected chi connectivity index (χ1v) is 10.0. The zero-order valence-corrected chi connectivity index (χ0v) is 18.0. The Morgan fingerprint density at radius 2 is 1.74 bits per heavy atom. The molecule has 1 atom stereocenters. The van der Waals surface area contributed by atoms with Crippen LogP contribution in [0.25, 0.3) is 11.3 Å². The van der Waals surface area contributed by atoms with Crippen molar-refractivity contribution in [3.8, 4) is 11.3 Å². The molecular weight excluding hydrogens is 394 g/mol. The predicted octanol–water partition coefficient (Wildman–Crippen LogP) is 3.90. The van der Waals surface area contributed by atoms with Gasteiger partial charge in [0.25, 0.3) is 5.56 Å². The summed E-state index contributed by atoms with van der Waals surface area (Å²) < 4.78 is 5.90. The van der Waals surface area contributed by atoms with Gasteiger partial charge in [0, 0.05) is 17.3 Å². The van der Waals surface area contributed by atoms with Gasteiger partial charge in [-0.05, 0) is 67.8 Å². The maximum atomic E-state index is 12.9. The molecule has 2 aromatic carbocycles. The van der Waals surface area contributed by atoms with Gasteiger partial charge in [0.2, 0.25) is 5.91 Å². The number of hydrogen-bond acceptors (Lipinski definition) is 5. The number of nitrogens with zero attached hydrogens (tertiary/aromatic N) is 2. The fourth-order valence-electron chi connectivity index (χ4n) is 3.21. The number of anilines is 1. The number of nitrogens with one attached hydrogen (secondary N) is 1. The minimum absolute atomic E-state index is 0.351. The van der Waals surface area contributed by atoms with Crippen molar-refractivity contribution in [3.05, 3.63) is 81.6 Å². The van der Waals surface area contributed by atoms with Gasteiger partial charge in [-0.25, -0.2) is 9.48 Å². The van der Waals surface area contributed by atoms with Crippen LogP contribution in [0, 0.1) is 13.8 Å². The number of esters is 1. The second kappa shape index (κ2) is 9.38. The van der Waals surface area contributed by atoms with Gasteiger partial charge in [0.05, 0.1) is 18.4 Å². The van der Waals surface area contributed by atoms with Gasteiger partial charge in [-0.1, -0.05) is 19.1 Å².